The summed E-state index contributed by atoms with van der Waals surface area (Å²) >= 11 is 0. The summed E-state index contributed by atoms with van der Waals surface area (Å²) in [5.74, 6) is -1.20. The molecule has 0 bridgehead atoms. The fourth-order valence-corrected chi connectivity index (χ4v) is 1.40. The standard InChI is InChI=1S/C14H19NO4/c1-10(2)19-9-11-3-5-12(6-4-11)14(18)15-8-7-13(16)17/h3-6,10H,7-9H2,1-2H3,(H,15,18)(H,16,17). The van der Waals surface area contributed by atoms with Crippen molar-refractivity contribution in [1.29, 1.82) is 0 Å². The second-order valence-electron chi connectivity index (χ2n) is 4.46. The van der Waals surface area contributed by atoms with Crippen molar-refractivity contribution < 1.29 is 19.4 Å². The number of carboxylic acids is 1. The van der Waals surface area contributed by atoms with Gasteiger partial charge in [-0.2, -0.15) is 0 Å². The third-order valence-corrected chi connectivity index (χ3v) is 2.42. The van der Waals surface area contributed by atoms with Gasteiger partial charge < -0.3 is 15.2 Å². The predicted octanol–water partition coefficient (Wildman–Crippen LogP) is 1.82. The Morgan fingerprint density at radius 3 is 2.42 bits per heavy atom. The fraction of sp³-hybridized carbons (Fsp3) is 0.429. The Morgan fingerprint density at radius 2 is 1.89 bits per heavy atom. The van der Waals surface area contributed by atoms with Gasteiger partial charge in [-0.15, -0.1) is 0 Å². The van der Waals surface area contributed by atoms with Crippen molar-refractivity contribution in [3.05, 3.63) is 35.4 Å². The summed E-state index contributed by atoms with van der Waals surface area (Å²) < 4.78 is 5.45. The Morgan fingerprint density at radius 1 is 1.26 bits per heavy atom. The van der Waals surface area contributed by atoms with E-state index in [9.17, 15) is 9.59 Å². The minimum atomic E-state index is -0.929. The molecule has 0 radical (unpaired) electrons. The van der Waals surface area contributed by atoms with Gasteiger partial charge in [0.2, 0.25) is 0 Å². The van der Waals surface area contributed by atoms with Gasteiger partial charge in [0.25, 0.3) is 5.91 Å². The van der Waals surface area contributed by atoms with Gasteiger partial charge in [-0.1, -0.05) is 12.1 Å². The van der Waals surface area contributed by atoms with Gasteiger partial charge in [0.05, 0.1) is 19.1 Å². The van der Waals surface area contributed by atoms with Crippen LogP contribution in [0.2, 0.25) is 0 Å². The summed E-state index contributed by atoms with van der Waals surface area (Å²) in [4.78, 5) is 22.0. The predicted molar refractivity (Wildman–Crippen MR) is 71.0 cm³/mol. The molecule has 1 rings (SSSR count). The van der Waals surface area contributed by atoms with Crippen LogP contribution in [0.25, 0.3) is 0 Å². The molecule has 0 spiro atoms. The maximum atomic E-state index is 11.7. The Balaban J connectivity index is 2.46. The van der Waals surface area contributed by atoms with Gasteiger partial charge >= 0.3 is 5.97 Å². The Bertz CT molecular complexity index is 426. The monoisotopic (exact) mass is 265 g/mol. The third-order valence-electron chi connectivity index (χ3n) is 2.42. The Kier molecular flexibility index (Phi) is 6.02. The zero-order valence-corrected chi connectivity index (χ0v) is 11.2. The lowest BCUT2D eigenvalue weighted by atomic mass is 10.1. The number of carbonyl (C=O) groups is 2. The van der Waals surface area contributed by atoms with E-state index in [0.717, 1.165) is 5.56 Å². The van der Waals surface area contributed by atoms with Gasteiger partial charge in [-0.3, -0.25) is 9.59 Å². The summed E-state index contributed by atoms with van der Waals surface area (Å²) in [6, 6.07) is 7.06. The lowest BCUT2D eigenvalue weighted by Gasteiger charge is -2.08. The van der Waals surface area contributed by atoms with Crippen molar-refractivity contribution in [2.75, 3.05) is 6.54 Å². The number of carboxylic acid groups (broad SMARTS) is 1. The molecule has 0 aliphatic rings. The first-order valence-electron chi connectivity index (χ1n) is 6.19. The maximum Gasteiger partial charge on any atom is 0.305 e. The second-order valence-corrected chi connectivity index (χ2v) is 4.46. The number of benzene rings is 1. The smallest absolute Gasteiger partial charge is 0.305 e. The van der Waals surface area contributed by atoms with E-state index < -0.39 is 5.97 Å². The molecule has 104 valence electrons. The number of aliphatic carboxylic acids is 1. The normalized spacial score (nSPS) is 10.5. The summed E-state index contributed by atoms with van der Waals surface area (Å²) in [5.41, 5.74) is 1.51. The van der Waals surface area contributed by atoms with Crippen LogP contribution in [-0.4, -0.2) is 29.6 Å². The number of hydrogen-bond acceptors (Lipinski definition) is 3. The molecule has 0 heterocycles. The van der Waals surface area contributed by atoms with Crippen LogP contribution in [0.5, 0.6) is 0 Å². The summed E-state index contributed by atoms with van der Waals surface area (Å²) in [6.07, 6.45) is 0.0884. The van der Waals surface area contributed by atoms with Gasteiger partial charge in [-0.25, -0.2) is 0 Å². The zero-order chi connectivity index (χ0) is 14.3. The molecule has 1 aromatic carbocycles. The third kappa shape index (κ3) is 6.01. The minimum absolute atomic E-state index is 0.0773. The van der Waals surface area contributed by atoms with Crippen molar-refractivity contribution in [3.63, 3.8) is 0 Å². The van der Waals surface area contributed by atoms with Gasteiger partial charge in [-0.05, 0) is 31.5 Å². The van der Waals surface area contributed by atoms with Crippen LogP contribution in [0.1, 0.15) is 36.2 Å². The number of nitrogens with one attached hydrogen (secondary N) is 1. The van der Waals surface area contributed by atoms with Crippen molar-refractivity contribution >= 4 is 11.9 Å². The lowest BCUT2D eigenvalue weighted by molar-refractivity contribution is -0.136. The molecule has 0 unspecified atom stereocenters. The number of carbonyl (C=O) groups excluding carboxylic acids is 1. The molecule has 0 aliphatic carbocycles. The maximum absolute atomic E-state index is 11.7. The van der Waals surface area contributed by atoms with Crippen LogP contribution >= 0.6 is 0 Å². The van der Waals surface area contributed by atoms with Gasteiger partial charge in [0.1, 0.15) is 0 Å². The largest absolute Gasteiger partial charge is 0.481 e. The molecule has 1 amide bonds. The average molecular weight is 265 g/mol. The highest BCUT2D eigenvalue weighted by atomic mass is 16.5. The fourth-order valence-electron chi connectivity index (χ4n) is 1.40. The molecule has 0 atom stereocenters. The van der Waals surface area contributed by atoms with E-state index in [1.165, 1.54) is 0 Å². The summed E-state index contributed by atoms with van der Waals surface area (Å²) in [7, 11) is 0. The molecule has 0 saturated heterocycles. The Labute approximate surface area is 112 Å². The minimum Gasteiger partial charge on any atom is -0.481 e. The number of ether oxygens (including phenoxy) is 1. The van der Waals surface area contributed by atoms with E-state index in [0.29, 0.717) is 12.2 Å². The molecule has 5 nitrogen and oxygen atoms in total. The first kappa shape index (κ1) is 15.2. The molecule has 0 aromatic heterocycles. The van der Waals surface area contributed by atoms with Crippen LogP contribution in [0.4, 0.5) is 0 Å². The van der Waals surface area contributed by atoms with Crippen molar-refractivity contribution in [2.24, 2.45) is 0 Å². The lowest BCUT2D eigenvalue weighted by Crippen LogP contribution is -2.25. The van der Waals surface area contributed by atoms with E-state index in [1.807, 2.05) is 26.0 Å². The van der Waals surface area contributed by atoms with Crippen LogP contribution in [0.15, 0.2) is 24.3 Å². The van der Waals surface area contributed by atoms with E-state index in [2.05, 4.69) is 5.32 Å². The number of amides is 1. The van der Waals surface area contributed by atoms with E-state index in [-0.39, 0.29) is 25.0 Å². The van der Waals surface area contributed by atoms with E-state index >= 15 is 0 Å². The quantitative estimate of drug-likeness (QED) is 0.788. The molecule has 0 saturated carbocycles. The van der Waals surface area contributed by atoms with E-state index in [1.54, 1.807) is 12.1 Å². The van der Waals surface area contributed by atoms with Crippen molar-refractivity contribution in [2.45, 2.75) is 33.0 Å². The first-order valence-corrected chi connectivity index (χ1v) is 6.19. The molecule has 19 heavy (non-hydrogen) atoms. The van der Waals surface area contributed by atoms with E-state index in [4.69, 9.17) is 9.84 Å². The molecule has 2 N–H and O–H groups in total. The van der Waals surface area contributed by atoms with Crippen LogP contribution in [-0.2, 0) is 16.1 Å². The summed E-state index contributed by atoms with van der Waals surface area (Å²) in [6.45, 7) is 4.57. The summed E-state index contributed by atoms with van der Waals surface area (Å²) in [5, 5.41) is 11.0. The SMILES string of the molecule is CC(C)OCc1ccc(C(=O)NCCC(=O)O)cc1. The molecule has 5 heteroatoms. The topological polar surface area (TPSA) is 75.6 Å². The van der Waals surface area contributed by atoms with Crippen LogP contribution in [0.3, 0.4) is 0 Å². The highest BCUT2D eigenvalue weighted by Gasteiger charge is 2.06. The Hall–Kier alpha value is -1.88. The molecular weight excluding hydrogens is 246 g/mol. The first-order chi connectivity index (χ1) is 8.99. The molecule has 1 aromatic rings. The zero-order valence-electron chi connectivity index (χ0n) is 11.2. The highest BCUT2D eigenvalue weighted by Crippen LogP contribution is 2.07. The number of hydrogen-bond donors (Lipinski definition) is 2. The van der Waals surface area contributed by atoms with Gasteiger partial charge in [0, 0.05) is 12.1 Å². The molecular formula is C14H19NO4. The van der Waals surface area contributed by atoms with Gasteiger partial charge in [0.15, 0.2) is 0 Å². The average Bonchev–Trinajstić information content (AvgIpc) is 2.36. The highest BCUT2D eigenvalue weighted by molar-refractivity contribution is 5.94. The number of rotatable bonds is 7. The van der Waals surface area contributed by atoms with Crippen molar-refractivity contribution in [3.8, 4) is 0 Å². The van der Waals surface area contributed by atoms with Crippen molar-refractivity contribution in [1.82, 2.24) is 5.32 Å². The van der Waals surface area contributed by atoms with Crippen LogP contribution < -0.4 is 5.32 Å². The molecule has 0 fully saturated rings. The van der Waals surface area contributed by atoms with Crippen LogP contribution in [0, 0.1) is 0 Å². The molecule has 0 aliphatic heterocycles. The second kappa shape index (κ2) is 7.53.